The molecule has 1 aromatic carbocycles. The molecule has 92 valence electrons. The third-order valence-electron chi connectivity index (χ3n) is 2.90. The predicted molar refractivity (Wildman–Crippen MR) is 74.3 cm³/mol. The number of halogens is 1. The second kappa shape index (κ2) is 6.22. The highest BCUT2D eigenvalue weighted by molar-refractivity contribution is 9.10. The van der Waals surface area contributed by atoms with Crippen LogP contribution >= 0.6 is 15.9 Å². The molecule has 0 radical (unpaired) electrons. The largest absolute Gasteiger partial charge is 0.485 e. The van der Waals surface area contributed by atoms with Crippen LogP contribution in [-0.4, -0.2) is 13.2 Å². The minimum absolute atomic E-state index is 0.220. The molecule has 2 nitrogen and oxygen atoms in total. The molecule has 3 heteroatoms. The van der Waals surface area contributed by atoms with E-state index < -0.39 is 0 Å². The fourth-order valence-electron chi connectivity index (χ4n) is 2.05. The van der Waals surface area contributed by atoms with E-state index >= 15 is 0 Å². The highest BCUT2D eigenvalue weighted by Gasteiger charge is 2.14. The summed E-state index contributed by atoms with van der Waals surface area (Å²) in [6.45, 7) is 0.825. The van der Waals surface area contributed by atoms with Crippen molar-refractivity contribution in [1.29, 1.82) is 0 Å². The van der Waals surface area contributed by atoms with Gasteiger partial charge in [0.25, 0.3) is 0 Å². The Bertz CT molecular complexity index is 403. The van der Waals surface area contributed by atoms with Crippen LogP contribution in [0.25, 0.3) is 0 Å². The van der Waals surface area contributed by atoms with Crippen LogP contribution in [0, 0.1) is 0 Å². The van der Waals surface area contributed by atoms with Crippen molar-refractivity contribution in [2.24, 2.45) is 0 Å². The number of benzene rings is 1. The zero-order valence-corrected chi connectivity index (χ0v) is 11.7. The van der Waals surface area contributed by atoms with Crippen molar-refractivity contribution < 1.29 is 4.74 Å². The first-order valence-electron chi connectivity index (χ1n) is 6.06. The molecule has 1 atom stereocenters. The zero-order chi connectivity index (χ0) is 12.1. The molecule has 1 aliphatic rings. The number of hydrogen-bond donors (Lipinski definition) is 1. The van der Waals surface area contributed by atoms with E-state index in [9.17, 15) is 0 Å². The van der Waals surface area contributed by atoms with E-state index in [0.29, 0.717) is 0 Å². The van der Waals surface area contributed by atoms with Crippen LogP contribution in [0.15, 0.2) is 34.8 Å². The van der Waals surface area contributed by atoms with Crippen LogP contribution in [0.3, 0.4) is 0 Å². The summed E-state index contributed by atoms with van der Waals surface area (Å²) in [4.78, 5) is 0. The van der Waals surface area contributed by atoms with Crippen molar-refractivity contribution in [3.05, 3.63) is 40.4 Å². The summed E-state index contributed by atoms with van der Waals surface area (Å²) in [6, 6.07) is 6.17. The number of ether oxygens (including phenoxy) is 1. The Kier molecular flexibility index (Phi) is 4.63. The van der Waals surface area contributed by atoms with E-state index in [1.54, 1.807) is 0 Å². The molecule has 0 spiro atoms. The van der Waals surface area contributed by atoms with Crippen molar-refractivity contribution in [3.63, 3.8) is 0 Å². The molecule has 17 heavy (non-hydrogen) atoms. The maximum Gasteiger partial charge on any atom is 0.138 e. The van der Waals surface area contributed by atoms with Crippen LogP contribution in [0.2, 0.25) is 0 Å². The minimum Gasteiger partial charge on any atom is -0.485 e. The number of hydrogen-bond acceptors (Lipinski definition) is 2. The molecule has 0 saturated heterocycles. The van der Waals surface area contributed by atoms with Crippen molar-refractivity contribution in [3.8, 4) is 5.75 Å². The van der Waals surface area contributed by atoms with Crippen molar-refractivity contribution in [2.75, 3.05) is 7.05 Å². The van der Waals surface area contributed by atoms with E-state index in [4.69, 9.17) is 4.74 Å². The first-order valence-corrected chi connectivity index (χ1v) is 6.86. The fraction of sp³-hybridized carbons (Fsp3) is 0.429. The van der Waals surface area contributed by atoms with Gasteiger partial charge in [-0.1, -0.05) is 18.2 Å². The summed E-state index contributed by atoms with van der Waals surface area (Å²) < 4.78 is 7.13. The van der Waals surface area contributed by atoms with Gasteiger partial charge in [-0.2, -0.15) is 0 Å². The zero-order valence-electron chi connectivity index (χ0n) is 10.1. The summed E-state index contributed by atoms with van der Waals surface area (Å²) in [6.07, 6.45) is 8.11. The second-order valence-electron chi connectivity index (χ2n) is 4.27. The SMILES string of the molecule is CNCc1cccc(Br)c1OC1C=CCCC1. The van der Waals surface area contributed by atoms with Crippen LogP contribution < -0.4 is 10.1 Å². The predicted octanol–water partition coefficient (Wildman–Crippen LogP) is 3.66. The van der Waals surface area contributed by atoms with E-state index in [-0.39, 0.29) is 6.10 Å². The molecule has 0 bridgehead atoms. The van der Waals surface area contributed by atoms with Gasteiger partial charge in [-0.25, -0.2) is 0 Å². The molecule has 2 rings (SSSR count). The molecule has 0 amide bonds. The van der Waals surface area contributed by atoms with E-state index in [0.717, 1.165) is 23.2 Å². The van der Waals surface area contributed by atoms with E-state index in [1.165, 1.54) is 18.4 Å². The molecule has 1 N–H and O–H groups in total. The van der Waals surface area contributed by atoms with Crippen LogP contribution in [0.4, 0.5) is 0 Å². The Labute approximate surface area is 111 Å². The van der Waals surface area contributed by atoms with Crippen molar-refractivity contribution in [1.82, 2.24) is 5.32 Å². The Morgan fingerprint density at radius 3 is 3.06 bits per heavy atom. The highest BCUT2D eigenvalue weighted by atomic mass is 79.9. The third-order valence-corrected chi connectivity index (χ3v) is 3.52. The summed E-state index contributed by atoms with van der Waals surface area (Å²) in [7, 11) is 1.95. The van der Waals surface area contributed by atoms with Crippen molar-refractivity contribution >= 4 is 15.9 Å². The lowest BCUT2D eigenvalue weighted by Gasteiger charge is -2.21. The topological polar surface area (TPSA) is 21.3 Å². The number of para-hydroxylation sites is 1. The quantitative estimate of drug-likeness (QED) is 0.856. The van der Waals surface area contributed by atoms with Gasteiger partial charge in [0.2, 0.25) is 0 Å². The number of nitrogens with one attached hydrogen (secondary N) is 1. The Morgan fingerprint density at radius 1 is 1.47 bits per heavy atom. The summed E-state index contributed by atoms with van der Waals surface area (Å²) >= 11 is 3.57. The first kappa shape index (κ1) is 12.7. The van der Waals surface area contributed by atoms with Gasteiger partial charge < -0.3 is 10.1 Å². The molecule has 1 unspecified atom stereocenters. The fourth-order valence-corrected chi connectivity index (χ4v) is 2.55. The molecular weight excluding hydrogens is 278 g/mol. The molecule has 0 heterocycles. The van der Waals surface area contributed by atoms with Crippen LogP contribution in [0.1, 0.15) is 24.8 Å². The smallest absolute Gasteiger partial charge is 0.138 e. The summed E-state index contributed by atoms with van der Waals surface area (Å²) in [5.41, 5.74) is 1.20. The lowest BCUT2D eigenvalue weighted by atomic mass is 10.1. The highest BCUT2D eigenvalue weighted by Crippen LogP contribution is 2.31. The average Bonchev–Trinajstić information content (AvgIpc) is 2.35. The lowest BCUT2D eigenvalue weighted by Crippen LogP contribution is -2.18. The molecule has 0 saturated carbocycles. The molecular formula is C14H18BrNO. The van der Waals surface area contributed by atoms with E-state index in [1.807, 2.05) is 19.2 Å². The molecule has 1 aliphatic carbocycles. The summed E-state index contributed by atoms with van der Waals surface area (Å²) in [5.74, 6) is 0.971. The normalized spacial score (nSPS) is 19.3. The standard InChI is InChI=1S/C14H18BrNO/c1-16-10-11-6-5-9-13(15)14(11)17-12-7-3-2-4-8-12/h3,5-7,9,12,16H,2,4,8,10H2,1H3. The molecule has 1 aromatic rings. The number of allylic oxidation sites excluding steroid dienone is 1. The Balaban J connectivity index is 2.17. The van der Waals surface area contributed by atoms with E-state index in [2.05, 4.69) is 39.5 Å². The van der Waals surface area contributed by atoms with Gasteiger partial charge in [-0.15, -0.1) is 0 Å². The Hall–Kier alpha value is -0.800. The van der Waals surface area contributed by atoms with Crippen molar-refractivity contribution in [2.45, 2.75) is 31.9 Å². The van der Waals surface area contributed by atoms with Gasteiger partial charge >= 0.3 is 0 Å². The molecule has 0 fully saturated rings. The number of rotatable bonds is 4. The molecule has 0 aromatic heterocycles. The average molecular weight is 296 g/mol. The van der Waals surface area contributed by atoms with Crippen LogP contribution in [0.5, 0.6) is 5.75 Å². The minimum atomic E-state index is 0.220. The van der Waals surface area contributed by atoms with Gasteiger partial charge in [-0.3, -0.25) is 0 Å². The lowest BCUT2D eigenvalue weighted by molar-refractivity contribution is 0.226. The Morgan fingerprint density at radius 2 is 2.35 bits per heavy atom. The van der Waals surface area contributed by atoms with Gasteiger partial charge in [-0.05, 0) is 54.4 Å². The maximum atomic E-state index is 6.10. The van der Waals surface area contributed by atoms with Gasteiger partial charge in [0, 0.05) is 12.1 Å². The molecule has 0 aliphatic heterocycles. The first-order chi connectivity index (χ1) is 8.31. The second-order valence-corrected chi connectivity index (χ2v) is 5.13. The summed E-state index contributed by atoms with van der Waals surface area (Å²) in [5, 5.41) is 3.17. The van der Waals surface area contributed by atoms with Gasteiger partial charge in [0.15, 0.2) is 0 Å². The van der Waals surface area contributed by atoms with Gasteiger partial charge in [0.1, 0.15) is 11.9 Å². The van der Waals surface area contributed by atoms with Crippen LogP contribution in [-0.2, 0) is 6.54 Å². The van der Waals surface area contributed by atoms with Gasteiger partial charge in [0.05, 0.1) is 4.47 Å². The monoisotopic (exact) mass is 295 g/mol. The maximum absolute atomic E-state index is 6.10. The third kappa shape index (κ3) is 3.33.